The van der Waals surface area contributed by atoms with Crippen molar-refractivity contribution in [3.05, 3.63) is 96.8 Å². The van der Waals surface area contributed by atoms with Crippen LogP contribution < -0.4 is 9.67 Å². The lowest BCUT2D eigenvalue weighted by molar-refractivity contribution is -0.595. The summed E-state index contributed by atoms with van der Waals surface area (Å²) in [5, 5.41) is 10.1. The summed E-state index contributed by atoms with van der Waals surface area (Å²) in [6.07, 6.45) is 4.07. The lowest BCUT2D eigenvalue weighted by atomic mass is 10.2. The molecule has 0 aliphatic heterocycles. The Morgan fingerprint density at radius 1 is 0.714 bits per heavy atom. The molecule has 1 aromatic heterocycles. The fraction of sp³-hybridized carbons (Fsp3) is 0. The maximum atomic E-state index is 10.1. The van der Waals surface area contributed by atoms with Crippen LogP contribution in [-0.2, 0) is 0 Å². The molecule has 3 heteroatoms. The molecule has 0 amide bonds. The number of nitrogens with zero attached hydrogens (tertiary/aromatic N) is 1. The van der Waals surface area contributed by atoms with Gasteiger partial charge in [0, 0.05) is 24.3 Å². The van der Waals surface area contributed by atoms with E-state index in [0.717, 1.165) is 0 Å². The summed E-state index contributed by atoms with van der Waals surface area (Å²) in [4.78, 5) is 10.1. The highest BCUT2D eigenvalue weighted by Crippen LogP contribution is 1.96. The third-order valence-corrected chi connectivity index (χ3v) is 2.78. The smallest absolute Gasteiger partial charge is 0.210 e. The van der Waals surface area contributed by atoms with Gasteiger partial charge in [0.2, 0.25) is 5.69 Å². The molecule has 0 saturated heterocycles. The summed E-state index contributed by atoms with van der Waals surface area (Å²) in [7, 11) is 0. The first kappa shape index (κ1) is 14.5. The quantitative estimate of drug-likeness (QED) is 0.673. The first-order valence-corrected chi connectivity index (χ1v) is 6.55. The number of aromatic nitrogens is 1. The molecule has 1 heterocycles. The van der Waals surface area contributed by atoms with Crippen molar-refractivity contribution in [1.82, 2.24) is 0 Å². The van der Waals surface area contributed by atoms with Gasteiger partial charge in [-0.2, -0.15) is 4.57 Å². The fourth-order valence-electron chi connectivity index (χ4n) is 1.75. The Labute approximate surface area is 123 Å². The fourth-order valence-corrected chi connectivity index (χ4v) is 1.75. The second kappa shape index (κ2) is 7.60. The Hall–Kier alpha value is -2.94. The van der Waals surface area contributed by atoms with E-state index >= 15 is 0 Å². The Balaban J connectivity index is 0.000000161. The van der Waals surface area contributed by atoms with Gasteiger partial charge in [-0.1, -0.05) is 54.6 Å². The van der Waals surface area contributed by atoms with Crippen LogP contribution in [0.1, 0.15) is 10.4 Å². The van der Waals surface area contributed by atoms with E-state index in [0.29, 0.717) is 0 Å². The predicted molar refractivity (Wildman–Crippen MR) is 78.7 cm³/mol. The summed E-state index contributed by atoms with van der Waals surface area (Å²) in [6, 6.07) is 24.4. The van der Waals surface area contributed by atoms with Crippen molar-refractivity contribution in [3.63, 3.8) is 0 Å². The molecule has 0 fully saturated rings. The summed E-state index contributed by atoms with van der Waals surface area (Å²) >= 11 is 0. The number of para-hydroxylation sites is 1. The van der Waals surface area contributed by atoms with Crippen molar-refractivity contribution in [3.8, 4) is 5.69 Å². The van der Waals surface area contributed by atoms with Gasteiger partial charge in [-0.3, -0.25) is 0 Å². The molecule has 104 valence electrons. The first-order valence-electron chi connectivity index (χ1n) is 6.55. The van der Waals surface area contributed by atoms with Crippen molar-refractivity contribution in [1.29, 1.82) is 0 Å². The van der Waals surface area contributed by atoms with Crippen molar-refractivity contribution in [2.45, 2.75) is 0 Å². The molecule has 3 nitrogen and oxygen atoms in total. The molecule has 0 saturated carbocycles. The summed E-state index contributed by atoms with van der Waals surface area (Å²) < 4.78 is 2.08. The number of carboxylic acid groups (broad SMARTS) is 1. The number of benzene rings is 2. The number of pyridine rings is 1. The van der Waals surface area contributed by atoms with Gasteiger partial charge in [-0.25, -0.2) is 0 Å². The number of carbonyl (C=O) groups excluding carboxylic acids is 1. The second-order valence-corrected chi connectivity index (χ2v) is 4.27. The van der Waals surface area contributed by atoms with E-state index in [1.807, 2.05) is 48.8 Å². The minimum absolute atomic E-state index is 0.220. The molecule has 0 N–H and O–H groups in total. The Bertz CT molecular complexity index is 630. The van der Waals surface area contributed by atoms with Crippen LogP contribution in [0.15, 0.2) is 91.3 Å². The second-order valence-electron chi connectivity index (χ2n) is 4.27. The van der Waals surface area contributed by atoms with Crippen LogP contribution in [0.4, 0.5) is 0 Å². The molecular formula is C18H15NO2. The lowest BCUT2D eigenvalue weighted by Crippen LogP contribution is -2.28. The molecule has 0 atom stereocenters. The monoisotopic (exact) mass is 277 g/mol. The Morgan fingerprint density at radius 3 is 1.67 bits per heavy atom. The van der Waals surface area contributed by atoms with E-state index < -0.39 is 5.97 Å². The molecule has 3 rings (SSSR count). The first-order chi connectivity index (χ1) is 10.3. The summed E-state index contributed by atoms with van der Waals surface area (Å²) in [5.74, 6) is -1.13. The molecule has 0 radical (unpaired) electrons. The largest absolute Gasteiger partial charge is 0.545 e. The van der Waals surface area contributed by atoms with E-state index in [1.165, 1.54) is 17.8 Å². The van der Waals surface area contributed by atoms with Gasteiger partial charge in [0.15, 0.2) is 12.4 Å². The van der Waals surface area contributed by atoms with Gasteiger partial charge < -0.3 is 9.90 Å². The molecule has 0 aliphatic carbocycles. The van der Waals surface area contributed by atoms with Crippen molar-refractivity contribution < 1.29 is 14.5 Å². The predicted octanol–water partition coefficient (Wildman–Crippen LogP) is 2.01. The number of carboxylic acids is 1. The van der Waals surface area contributed by atoms with E-state index in [9.17, 15) is 9.90 Å². The number of rotatable bonds is 2. The van der Waals surface area contributed by atoms with Gasteiger partial charge in [0.25, 0.3) is 0 Å². The molecule has 0 unspecified atom stereocenters. The zero-order valence-electron chi connectivity index (χ0n) is 11.4. The number of hydrogen-bond donors (Lipinski definition) is 0. The minimum Gasteiger partial charge on any atom is -0.545 e. The third-order valence-electron chi connectivity index (χ3n) is 2.78. The van der Waals surface area contributed by atoms with Crippen molar-refractivity contribution >= 4 is 5.97 Å². The van der Waals surface area contributed by atoms with Crippen LogP contribution in [0.2, 0.25) is 0 Å². The molecular weight excluding hydrogens is 262 g/mol. The maximum Gasteiger partial charge on any atom is 0.210 e. The highest BCUT2D eigenvalue weighted by molar-refractivity contribution is 5.85. The zero-order chi connectivity index (χ0) is 14.9. The topological polar surface area (TPSA) is 44.0 Å². The molecule has 21 heavy (non-hydrogen) atoms. The van der Waals surface area contributed by atoms with E-state index in [2.05, 4.69) is 16.7 Å². The maximum absolute atomic E-state index is 10.1. The van der Waals surface area contributed by atoms with E-state index in [4.69, 9.17) is 0 Å². The highest BCUT2D eigenvalue weighted by Gasteiger charge is 1.99. The summed E-state index contributed by atoms with van der Waals surface area (Å²) in [5.41, 5.74) is 1.41. The van der Waals surface area contributed by atoms with Gasteiger partial charge >= 0.3 is 0 Å². The Kier molecular flexibility index (Phi) is 5.24. The van der Waals surface area contributed by atoms with Crippen molar-refractivity contribution in [2.24, 2.45) is 0 Å². The normalized spacial score (nSPS) is 9.33. The van der Waals surface area contributed by atoms with E-state index in [-0.39, 0.29) is 5.56 Å². The minimum atomic E-state index is -1.13. The van der Waals surface area contributed by atoms with Crippen LogP contribution in [0.25, 0.3) is 5.69 Å². The van der Waals surface area contributed by atoms with Crippen LogP contribution >= 0.6 is 0 Å². The van der Waals surface area contributed by atoms with Crippen LogP contribution in [0, 0.1) is 0 Å². The van der Waals surface area contributed by atoms with E-state index in [1.54, 1.807) is 18.2 Å². The van der Waals surface area contributed by atoms with Gasteiger partial charge in [0.1, 0.15) is 0 Å². The summed E-state index contributed by atoms with van der Waals surface area (Å²) in [6.45, 7) is 0. The molecule has 0 bridgehead atoms. The Morgan fingerprint density at radius 2 is 1.19 bits per heavy atom. The highest BCUT2D eigenvalue weighted by atomic mass is 16.4. The average Bonchev–Trinajstić information content (AvgIpc) is 2.58. The van der Waals surface area contributed by atoms with Gasteiger partial charge in [-0.05, 0) is 5.56 Å². The number of aromatic carboxylic acids is 1. The molecule has 3 aromatic rings. The molecule has 0 spiro atoms. The third kappa shape index (κ3) is 4.58. The zero-order valence-corrected chi connectivity index (χ0v) is 11.4. The van der Waals surface area contributed by atoms with Crippen LogP contribution in [0.5, 0.6) is 0 Å². The van der Waals surface area contributed by atoms with Gasteiger partial charge in [0.05, 0.1) is 5.97 Å². The number of hydrogen-bond acceptors (Lipinski definition) is 2. The number of carbonyl (C=O) groups is 1. The molecule has 2 aromatic carbocycles. The van der Waals surface area contributed by atoms with Crippen LogP contribution in [0.3, 0.4) is 0 Å². The van der Waals surface area contributed by atoms with Crippen molar-refractivity contribution in [2.75, 3.05) is 0 Å². The standard InChI is InChI=1S/C11H10N.C7H6O2/c1-3-7-11(8-4-1)12-9-5-2-6-10-12;8-7(9)6-4-2-1-3-5-6/h1-10H;1-5H,(H,8,9)/q+1;/p-1. The van der Waals surface area contributed by atoms with Crippen LogP contribution in [-0.4, -0.2) is 5.97 Å². The van der Waals surface area contributed by atoms with Gasteiger partial charge in [-0.15, -0.1) is 0 Å². The SMILES string of the molecule is O=C([O-])c1ccccc1.c1ccc(-[n+]2ccccc2)cc1. The molecule has 0 aliphatic rings. The lowest BCUT2D eigenvalue weighted by Gasteiger charge is -1.97. The average molecular weight is 277 g/mol.